The summed E-state index contributed by atoms with van der Waals surface area (Å²) in [5.41, 5.74) is 0.276. The number of nitrogens with zero attached hydrogens (tertiary/aromatic N) is 5. The van der Waals surface area contributed by atoms with Crippen LogP contribution in [0, 0.1) is 18.3 Å². The number of nitriles is 1. The Morgan fingerprint density at radius 3 is 2.78 bits per heavy atom. The van der Waals surface area contributed by atoms with Crippen LogP contribution in [0.1, 0.15) is 26.5 Å². The largest absolute Gasteiger partial charge is 0.343 e. The van der Waals surface area contributed by atoms with Crippen LogP contribution in [0.3, 0.4) is 0 Å². The summed E-state index contributed by atoms with van der Waals surface area (Å²) in [6, 6.07) is 2.49. The molecule has 1 saturated heterocycles. The van der Waals surface area contributed by atoms with Gasteiger partial charge in [-0.05, 0) is 27.7 Å². The summed E-state index contributed by atoms with van der Waals surface area (Å²) < 4.78 is 0. The van der Waals surface area contributed by atoms with Crippen LogP contribution in [0.5, 0.6) is 0 Å². The summed E-state index contributed by atoms with van der Waals surface area (Å²) in [5.74, 6) is -0.0118. The van der Waals surface area contributed by atoms with E-state index < -0.39 is 5.54 Å². The van der Waals surface area contributed by atoms with Crippen LogP contribution in [-0.4, -0.2) is 65.5 Å². The number of aryl methyl sites for hydroxylation is 1. The molecule has 0 aliphatic carbocycles. The predicted molar refractivity (Wildman–Crippen MR) is 92.6 cm³/mol. The van der Waals surface area contributed by atoms with Crippen molar-refractivity contribution in [2.75, 3.05) is 38.1 Å². The number of thiazole rings is 1. The molecule has 2 heterocycles. The second-order valence-corrected chi connectivity index (χ2v) is 7.51. The van der Waals surface area contributed by atoms with E-state index in [1.165, 1.54) is 4.90 Å². The van der Waals surface area contributed by atoms with Crippen LogP contribution in [0.15, 0.2) is 5.38 Å². The Balaban J connectivity index is 1.93. The average Bonchev–Trinajstić information content (AvgIpc) is 2.92. The zero-order valence-electron chi connectivity index (χ0n) is 14.5. The van der Waals surface area contributed by atoms with Crippen molar-refractivity contribution in [3.8, 4) is 6.07 Å². The number of amides is 1. The van der Waals surface area contributed by atoms with Gasteiger partial charge in [0.1, 0.15) is 5.54 Å². The minimum Gasteiger partial charge on any atom is -0.343 e. The SMILES string of the molecule is Cc1csc(N2CCN(CC(=O)N(C)C(C)(C)C#N)C[C@@H]2C)n1. The number of anilines is 1. The molecule has 1 atom stereocenters. The molecular weight excluding hydrogens is 310 g/mol. The van der Waals surface area contributed by atoms with Crippen molar-refractivity contribution in [2.24, 2.45) is 0 Å². The molecule has 1 aliphatic rings. The van der Waals surface area contributed by atoms with E-state index in [4.69, 9.17) is 5.26 Å². The molecule has 1 fully saturated rings. The summed E-state index contributed by atoms with van der Waals surface area (Å²) >= 11 is 1.67. The van der Waals surface area contributed by atoms with Gasteiger partial charge in [0.05, 0.1) is 18.3 Å². The van der Waals surface area contributed by atoms with Gasteiger partial charge in [0.25, 0.3) is 0 Å². The molecule has 0 spiro atoms. The lowest BCUT2D eigenvalue weighted by atomic mass is 10.1. The van der Waals surface area contributed by atoms with E-state index in [0.29, 0.717) is 12.6 Å². The topological polar surface area (TPSA) is 63.5 Å². The summed E-state index contributed by atoms with van der Waals surface area (Å²) in [4.78, 5) is 22.9. The van der Waals surface area contributed by atoms with E-state index in [-0.39, 0.29) is 5.91 Å². The van der Waals surface area contributed by atoms with E-state index in [9.17, 15) is 4.79 Å². The first-order valence-electron chi connectivity index (χ1n) is 7.83. The Bertz CT molecular complexity index is 606. The van der Waals surface area contributed by atoms with Gasteiger partial charge in [-0.3, -0.25) is 9.69 Å². The fourth-order valence-corrected chi connectivity index (χ4v) is 3.55. The highest BCUT2D eigenvalue weighted by molar-refractivity contribution is 7.13. The third kappa shape index (κ3) is 4.01. The highest BCUT2D eigenvalue weighted by Crippen LogP contribution is 2.24. The summed E-state index contributed by atoms with van der Waals surface area (Å²) in [6.45, 7) is 10.6. The third-order valence-corrected chi connectivity index (χ3v) is 5.40. The number of carbonyl (C=O) groups excluding carboxylic acids is 1. The molecule has 0 radical (unpaired) electrons. The monoisotopic (exact) mass is 335 g/mol. The van der Waals surface area contributed by atoms with Crippen molar-refractivity contribution in [3.63, 3.8) is 0 Å². The fourth-order valence-electron chi connectivity index (χ4n) is 2.62. The molecule has 0 saturated carbocycles. The molecule has 7 heteroatoms. The van der Waals surface area contributed by atoms with E-state index >= 15 is 0 Å². The Kier molecular flexibility index (Phi) is 5.27. The number of hydrogen-bond acceptors (Lipinski definition) is 6. The molecule has 1 amide bonds. The van der Waals surface area contributed by atoms with Gasteiger partial charge in [-0.15, -0.1) is 11.3 Å². The normalized spacial score (nSPS) is 19.5. The number of rotatable bonds is 4. The lowest BCUT2D eigenvalue weighted by Crippen LogP contribution is -2.55. The second-order valence-electron chi connectivity index (χ2n) is 6.67. The van der Waals surface area contributed by atoms with Crippen LogP contribution >= 0.6 is 11.3 Å². The van der Waals surface area contributed by atoms with Crippen molar-refractivity contribution in [1.29, 1.82) is 5.26 Å². The van der Waals surface area contributed by atoms with Crippen LogP contribution in [0.2, 0.25) is 0 Å². The van der Waals surface area contributed by atoms with Gasteiger partial charge in [-0.25, -0.2) is 4.98 Å². The minimum atomic E-state index is -0.775. The van der Waals surface area contributed by atoms with Crippen molar-refractivity contribution >= 4 is 22.4 Å². The van der Waals surface area contributed by atoms with Gasteiger partial charge in [-0.2, -0.15) is 5.26 Å². The second kappa shape index (κ2) is 6.85. The van der Waals surface area contributed by atoms with Gasteiger partial charge in [0, 0.05) is 38.1 Å². The maximum absolute atomic E-state index is 12.4. The molecule has 1 aliphatic heterocycles. The lowest BCUT2D eigenvalue weighted by molar-refractivity contribution is -0.134. The number of likely N-dealkylation sites (N-methyl/N-ethyl adjacent to an activating group) is 1. The van der Waals surface area contributed by atoms with E-state index in [0.717, 1.165) is 30.5 Å². The van der Waals surface area contributed by atoms with Gasteiger partial charge >= 0.3 is 0 Å². The number of aromatic nitrogens is 1. The maximum atomic E-state index is 12.4. The molecule has 0 unspecified atom stereocenters. The van der Waals surface area contributed by atoms with Crippen LogP contribution in [0.25, 0.3) is 0 Å². The first kappa shape index (κ1) is 17.7. The van der Waals surface area contributed by atoms with Gasteiger partial charge in [0.2, 0.25) is 5.91 Å². The van der Waals surface area contributed by atoms with Crippen molar-refractivity contribution < 1.29 is 4.79 Å². The first-order chi connectivity index (χ1) is 10.7. The summed E-state index contributed by atoms with van der Waals surface area (Å²) in [5, 5.41) is 12.3. The summed E-state index contributed by atoms with van der Waals surface area (Å²) in [7, 11) is 1.70. The number of piperazine rings is 1. The first-order valence-corrected chi connectivity index (χ1v) is 8.71. The summed E-state index contributed by atoms with van der Waals surface area (Å²) in [6.07, 6.45) is 0. The quantitative estimate of drug-likeness (QED) is 0.838. The zero-order chi connectivity index (χ0) is 17.2. The average molecular weight is 335 g/mol. The van der Waals surface area contributed by atoms with Crippen LogP contribution in [0.4, 0.5) is 5.13 Å². The molecule has 0 aromatic carbocycles. The third-order valence-electron chi connectivity index (χ3n) is 4.41. The van der Waals surface area contributed by atoms with E-state index in [2.05, 4.69) is 33.2 Å². The molecular formula is C16H25N5OS. The number of carbonyl (C=O) groups is 1. The molecule has 0 N–H and O–H groups in total. The Labute approximate surface area is 142 Å². The van der Waals surface area contributed by atoms with Gasteiger partial charge in [-0.1, -0.05) is 0 Å². The van der Waals surface area contributed by atoms with Crippen molar-refractivity contribution in [2.45, 2.75) is 39.3 Å². The molecule has 2 rings (SSSR count). The van der Waals surface area contributed by atoms with Gasteiger partial charge in [0.15, 0.2) is 5.13 Å². The lowest BCUT2D eigenvalue weighted by Gasteiger charge is -2.40. The predicted octanol–water partition coefficient (Wildman–Crippen LogP) is 1.72. The minimum absolute atomic E-state index is 0.0118. The van der Waals surface area contributed by atoms with E-state index in [1.54, 1.807) is 32.2 Å². The van der Waals surface area contributed by atoms with E-state index in [1.807, 2.05) is 6.92 Å². The molecule has 1 aromatic heterocycles. The fraction of sp³-hybridized carbons (Fsp3) is 0.688. The molecule has 6 nitrogen and oxygen atoms in total. The molecule has 0 bridgehead atoms. The Morgan fingerprint density at radius 1 is 1.57 bits per heavy atom. The number of hydrogen-bond donors (Lipinski definition) is 0. The Morgan fingerprint density at radius 2 is 2.26 bits per heavy atom. The maximum Gasteiger partial charge on any atom is 0.237 e. The highest BCUT2D eigenvalue weighted by atomic mass is 32.1. The van der Waals surface area contributed by atoms with Gasteiger partial charge < -0.3 is 9.80 Å². The molecule has 23 heavy (non-hydrogen) atoms. The van der Waals surface area contributed by atoms with Crippen LogP contribution in [-0.2, 0) is 4.79 Å². The highest BCUT2D eigenvalue weighted by Gasteiger charge is 2.31. The Hall–Kier alpha value is -1.65. The standard InChI is InChI=1S/C16H25N5OS/c1-12-10-23-15(18-12)21-7-6-20(8-13(21)2)9-14(22)19(5)16(3,4)11-17/h10,13H,6-9H2,1-5H3/t13-/m0/s1. The zero-order valence-corrected chi connectivity index (χ0v) is 15.4. The smallest absolute Gasteiger partial charge is 0.237 e. The van der Waals surface area contributed by atoms with Crippen molar-refractivity contribution in [1.82, 2.24) is 14.8 Å². The van der Waals surface area contributed by atoms with Crippen LogP contribution < -0.4 is 4.90 Å². The molecule has 1 aromatic rings. The van der Waals surface area contributed by atoms with Crippen molar-refractivity contribution in [3.05, 3.63) is 11.1 Å². The molecule has 126 valence electrons.